The van der Waals surface area contributed by atoms with E-state index in [0.29, 0.717) is 0 Å². The summed E-state index contributed by atoms with van der Waals surface area (Å²) in [4.78, 5) is 0. The Morgan fingerprint density at radius 3 is 2.71 bits per heavy atom. The monoisotopic (exact) mass is 229 g/mol. The smallest absolute Gasteiger partial charge is 0.261 e. The summed E-state index contributed by atoms with van der Waals surface area (Å²) in [6.45, 7) is 15.3. The molecule has 1 atom stereocenters. The maximum atomic E-state index is 6.04. The summed E-state index contributed by atoms with van der Waals surface area (Å²) in [6.07, 6.45) is 1.31. The van der Waals surface area contributed by atoms with E-state index in [2.05, 4.69) is 43.1 Å². The second-order valence-corrected chi connectivity index (χ2v) is 13.1. The lowest BCUT2D eigenvalue weighted by atomic mass is 10.5. The molecule has 0 amide bonds. The second kappa shape index (κ2) is 4.30. The molecule has 0 radical (unpaired) electrons. The molecule has 1 heterocycles. The highest BCUT2D eigenvalue weighted by Gasteiger charge is 2.47. The van der Waals surface area contributed by atoms with Gasteiger partial charge in [0.15, 0.2) is 0 Å². The van der Waals surface area contributed by atoms with Crippen LogP contribution in [0.4, 0.5) is 0 Å². The first-order chi connectivity index (χ1) is 6.46. The minimum Gasteiger partial charge on any atom is -0.404 e. The van der Waals surface area contributed by atoms with E-state index in [1.54, 1.807) is 0 Å². The molecule has 14 heavy (non-hydrogen) atoms. The molecule has 1 aliphatic rings. The van der Waals surface area contributed by atoms with Crippen molar-refractivity contribution in [1.82, 2.24) is 4.23 Å². The molecular weight excluding hydrogens is 206 g/mol. The molecule has 82 valence electrons. The largest absolute Gasteiger partial charge is 0.404 e. The van der Waals surface area contributed by atoms with Gasteiger partial charge < -0.3 is 8.66 Å². The summed E-state index contributed by atoms with van der Waals surface area (Å²) < 4.78 is 8.73. The molecule has 1 rings (SSSR count). The van der Waals surface area contributed by atoms with Crippen molar-refractivity contribution < 1.29 is 4.43 Å². The van der Waals surface area contributed by atoms with Crippen LogP contribution in [0.5, 0.6) is 0 Å². The van der Waals surface area contributed by atoms with E-state index < -0.39 is 16.7 Å². The number of hydrogen-bond donors (Lipinski definition) is 0. The van der Waals surface area contributed by atoms with Crippen molar-refractivity contribution in [3.8, 4) is 0 Å². The first-order valence-electron chi connectivity index (χ1n) is 5.51. The van der Waals surface area contributed by atoms with E-state index >= 15 is 0 Å². The molecule has 1 unspecified atom stereocenters. The third kappa shape index (κ3) is 2.19. The predicted molar refractivity (Wildman–Crippen MR) is 67.1 cm³/mol. The van der Waals surface area contributed by atoms with Crippen LogP contribution in [0.15, 0.2) is 12.3 Å². The third-order valence-electron chi connectivity index (χ3n) is 3.24. The van der Waals surface area contributed by atoms with Crippen molar-refractivity contribution in [3.05, 3.63) is 12.3 Å². The molecule has 1 fully saturated rings. The predicted octanol–water partition coefficient (Wildman–Crippen LogP) is 2.73. The summed E-state index contributed by atoms with van der Waals surface area (Å²) in [5, 5.41) is 0. The Balaban J connectivity index is 2.82. The Kier molecular flexibility index (Phi) is 3.74. The first kappa shape index (κ1) is 12.2. The molecule has 2 nitrogen and oxygen atoms in total. The van der Waals surface area contributed by atoms with Gasteiger partial charge in [-0.05, 0) is 32.5 Å². The highest BCUT2D eigenvalue weighted by Crippen LogP contribution is 2.32. The van der Waals surface area contributed by atoms with Gasteiger partial charge in [-0.2, -0.15) is 0 Å². The summed E-state index contributed by atoms with van der Waals surface area (Å²) >= 11 is 0. The Labute approximate surface area is 90.2 Å². The number of rotatable bonds is 4. The number of hydrogen-bond acceptors (Lipinski definition) is 2. The maximum Gasteiger partial charge on any atom is 0.261 e. The fourth-order valence-corrected chi connectivity index (χ4v) is 11.7. The third-order valence-corrected chi connectivity index (χ3v) is 12.6. The van der Waals surface area contributed by atoms with Crippen LogP contribution < -0.4 is 0 Å². The zero-order valence-electron chi connectivity index (χ0n) is 9.97. The molecule has 0 spiro atoms. The fraction of sp³-hybridized carbons (Fsp3) is 0.800. The average molecular weight is 229 g/mol. The van der Waals surface area contributed by atoms with Gasteiger partial charge in [0.05, 0.1) is 0 Å². The van der Waals surface area contributed by atoms with Crippen LogP contribution in [-0.4, -0.2) is 34.1 Å². The van der Waals surface area contributed by atoms with Gasteiger partial charge in [0.25, 0.3) is 8.48 Å². The van der Waals surface area contributed by atoms with Crippen molar-refractivity contribution in [2.75, 3.05) is 13.2 Å². The average Bonchev–Trinajstić information content (AvgIpc) is 2.48. The Morgan fingerprint density at radius 2 is 2.21 bits per heavy atom. The topological polar surface area (TPSA) is 12.5 Å². The van der Waals surface area contributed by atoms with E-state index in [0.717, 1.165) is 6.61 Å². The Morgan fingerprint density at radius 1 is 1.57 bits per heavy atom. The summed E-state index contributed by atoms with van der Waals surface area (Å²) in [5.74, 6) is 0. The van der Waals surface area contributed by atoms with Crippen LogP contribution in [0.2, 0.25) is 25.7 Å². The van der Waals surface area contributed by atoms with Crippen LogP contribution in [0.1, 0.15) is 13.3 Å². The lowest BCUT2D eigenvalue weighted by Gasteiger charge is -2.41. The molecule has 0 saturated carbocycles. The quantitative estimate of drug-likeness (QED) is 0.687. The van der Waals surface area contributed by atoms with Gasteiger partial charge in [0.1, 0.15) is 8.24 Å². The van der Waals surface area contributed by atoms with E-state index in [1.165, 1.54) is 19.0 Å². The van der Waals surface area contributed by atoms with Gasteiger partial charge in [-0.3, -0.25) is 0 Å². The minimum absolute atomic E-state index is 0.862. The van der Waals surface area contributed by atoms with E-state index in [1.807, 2.05) is 0 Å². The van der Waals surface area contributed by atoms with Crippen LogP contribution in [-0.2, 0) is 4.43 Å². The van der Waals surface area contributed by atoms with Gasteiger partial charge in [-0.25, -0.2) is 0 Å². The van der Waals surface area contributed by atoms with Crippen LogP contribution in [0.25, 0.3) is 0 Å². The molecule has 0 aliphatic carbocycles. The molecule has 4 heteroatoms. The summed E-state index contributed by atoms with van der Waals surface area (Å²) in [5.41, 5.74) is 2.18. The van der Waals surface area contributed by atoms with Gasteiger partial charge in [0.2, 0.25) is 0 Å². The maximum absolute atomic E-state index is 6.04. The standard InChI is InChI=1S/C10H23NOSi2/c1-6-12-14(5)10-8-9-11(14)13(3,4)7-2/h7H,2,6,8-10H2,1,3-5H3. The fourth-order valence-electron chi connectivity index (χ4n) is 2.41. The summed E-state index contributed by atoms with van der Waals surface area (Å²) in [7, 11) is -2.93. The molecule has 0 aromatic heterocycles. The van der Waals surface area contributed by atoms with Crippen molar-refractivity contribution in [1.29, 1.82) is 0 Å². The van der Waals surface area contributed by atoms with Crippen LogP contribution >= 0.6 is 0 Å². The molecule has 1 aliphatic heterocycles. The molecular formula is C10H23NOSi2. The Hall–Kier alpha value is 0.0938. The van der Waals surface area contributed by atoms with Crippen molar-refractivity contribution in [2.24, 2.45) is 0 Å². The molecule has 0 bridgehead atoms. The lowest BCUT2D eigenvalue weighted by molar-refractivity contribution is 0.301. The van der Waals surface area contributed by atoms with E-state index in [-0.39, 0.29) is 0 Å². The number of nitrogens with zero attached hydrogens (tertiary/aromatic N) is 1. The SMILES string of the molecule is C=C[Si](C)(C)N1CCC[Si]1(C)OCC. The minimum atomic E-state index is -1.55. The molecule has 0 aromatic carbocycles. The van der Waals surface area contributed by atoms with E-state index in [4.69, 9.17) is 4.43 Å². The van der Waals surface area contributed by atoms with E-state index in [9.17, 15) is 0 Å². The molecule has 0 N–H and O–H groups in total. The van der Waals surface area contributed by atoms with Crippen molar-refractivity contribution in [2.45, 2.75) is 39.0 Å². The molecule has 0 aromatic rings. The highest BCUT2D eigenvalue weighted by atomic mass is 28.4. The first-order valence-corrected chi connectivity index (χ1v) is 11.1. The second-order valence-electron chi connectivity index (χ2n) is 4.72. The van der Waals surface area contributed by atoms with Gasteiger partial charge in [-0.1, -0.05) is 18.8 Å². The van der Waals surface area contributed by atoms with Crippen LogP contribution in [0, 0.1) is 0 Å². The highest BCUT2D eigenvalue weighted by molar-refractivity contribution is 6.91. The normalized spacial score (nSPS) is 29.4. The van der Waals surface area contributed by atoms with Crippen molar-refractivity contribution in [3.63, 3.8) is 0 Å². The van der Waals surface area contributed by atoms with Gasteiger partial charge in [-0.15, -0.1) is 6.58 Å². The van der Waals surface area contributed by atoms with Gasteiger partial charge in [0, 0.05) is 6.61 Å². The van der Waals surface area contributed by atoms with Crippen molar-refractivity contribution >= 4 is 16.7 Å². The summed E-state index contributed by atoms with van der Waals surface area (Å²) in [6, 6.07) is 1.30. The Bertz CT molecular complexity index is 220. The zero-order chi connectivity index (χ0) is 10.8. The molecule has 1 saturated heterocycles. The zero-order valence-corrected chi connectivity index (χ0v) is 12.0. The van der Waals surface area contributed by atoms with Gasteiger partial charge >= 0.3 is 0 Å². The van der Waals surface area contributed by atoms with Crippen LogP contribution in [0.3, 0.4) is 0 Å². The lowest BCUT2D eigenvalue weighted by Crippen LogP contribution is -2.60.